The van der Waals surface area contributed by atoms with Crippen LogP contribution in [0.5, 0.6) is 0 Å². The van der Waals surface area contributed by atoms with Crippen LogP contribution in [0.25, 0.3) is 0 Å². The minimum absolute atomic E-state index is 0.0634. The lowest BCUT2D eigenvalue weighted by Gasteiger charge is -2.25. The van der Waals surface area contributed by atoms with Crippen molar-refractivity contribution in [3.05, 3.63) is 12.2 Å². The maximum atomic E-state index is 12.7. The van der Waals surface area contributed by atoms with Crippen molar-refractivity contribution in [3.63, 3.8) is 0 Å². The number of quaternary nitrogens is 1. The number of carbonyl (C=O) groups is 1. The topological polar surface area (TPSA) is 105 Å². The molecule has 46 heavy (non-hydrogen) atoms. The van der Waals surface area contributed by atoms with E-state index >= 15 is 0 Å². The number of allylic oxidation sites excluding steroid dienone is 1. The van der Waals surface area contributed by atoms with E-state index in [1.54, 1.807) is 6.08 Å². The molecule has 0 fully saturated rings. The van der Waals surface area contributed by atoms with E-state index in [0.717, 1.165) is 44.9 Å². The van der Waals surface area contributed by atoms with Crippen LogP contribution in [0, 0.1) is 0 Å². The van der Waals surface area contributed by atoms with Crippen LogP contribution in [-0.4, -0.2) is 73.4 Å². The van der Waals surface area contributed by atoms with E-state index in [0.29, 0.717) is 17.4 Å². The molecule has 274 valence electrons. The minimum atomic E-state index is -4.31. The van der Waals surface area contributed by atoms with Crippen molar-refractivity contribution >= 4 is 13.7 Å². The quantitative estimate of drug-likeness (QED) is 0.0272. The van der Waals surface area contributed by atoms with E-state index in [-0.39, 0.29) is 19.1 Å². The number of amides is 1. The number of rotatable bonds is 34. The Morgan fingerprint density at radius 3 is 1.61 bits per heavy atom. The number of likely N-dealkylation sites (N-methyl/N-ethyl adjacent to an activating group) is 1. The Balaban J connectivity index is 4.24. The molecule has 0 saturated heterocycles. The summed E-state index contributed by atoms with van der Waals surface area (Å²) < 4.78 is 23.3. The zero-order valence-corrected chi connectivity index (χ0v) is 31.7. The smallest absolute Gasteiger partial charge is 0.387 e. The molecular weight excluding hydrogens is 599 g/mol. The van der Waals surface area contributed by atoms with E-state index in [2.05, 4.69) is 19.2 Å². The first-order valence-corrected chi connectivity index (χ1v) is 20.6. The third-order valence-corrected chi connectivity index (χ3v) is 9.49. The Labute approximate surface area is 284 Å². The van der Waals surface area contributed by atoms with Gasteiger partial charge in [-0.15, -0.1) is 0 Å². The lowest BCUT2D eigenvalue weighted by atomic mass is 10.0. The van der Waals surface area contributed by atoms with Gasteiger partial charge in [0.25, 0.3) is 0 Å². The van der Waals surface area contributed by atoms with Crippen molar-refractivity contribution in [2.24, 2.45) is 0 Å². The number of nitrogens with one attached hydrogen (secondary N) is 1. The molecule has 0 aromatic rings. The van der Waals surface area contributed by atoms with Crippen molar-refractivity contribution in [1.29, 1.82) is 0 Å². The average Bonchev–Trinajstić information content (AvgIpc) is 2.99. The van der Waals surface area contributed by atoms with Gasteiger partial charge in [0.1, 0.15) is 13.2 Å². The number of unbranched alkanes of at least 4 members (excludes halogenated alkanes) is 21. The van der Waals surface area contributed by atoms with E-state index in [1.807, 2.05) is 27.2 Å². The zero-order valence-electron chi connectivity index (χ0n) is 30.8. The number of phosphoric acid groups is 1. The molecule has 0 aromatic carbocycles. The van der Waals surface area contributed by atoms with Gasteiger partial charge in [0, 0.05) is 6.42 Å². The van der Waals surface area contributed by atoms with Gasteiger partial charge in [-0.2, -0.15) is 0 Å². The van der Waals surface area contributed by atoms with Crippen molar-refractivity contribution in [3.8, 4) is 0 Å². The van der Waals surface area contributed by atoms with Gasteiger partial charge in [0.15, 0.2) is 0 Å². The standard InChI is InChI=1S/C37H75N2O6P/c1-6-8-10-12-14-15-16-17-18-19-20-21-22-23-24-25-27-29-31-37(41)38-35(36(40)30-28-26-13-11-9-7-2)34-45-46(42,43)44-33-32-39(3,4)5/h28,30,35-36,40H,6-27,29,31-34H2,1-5H3,(H-,38,41,42,43)/p+1/b30-28+. The highest BCUT2D eigenvalue weighted by Gasteiger charge is 2.27. The highest BCUT2D eigenvalue weighted by Crippen LogP contribution is 2.43. The van der Waals surface area contributed by atoms with Gasteiger partial charge in [0.05, 0.1) is 39.9 Å². The van der Waals surface area contributed by atoms with Gasteiger partial charge < -0.3 is 19.8 Å². The van der Waals surface area contributed by atoms with Crippen molar-refractivity contribution in [1.82, 2.24) is 5.32 Å². The summed E-state index contributed by atoms with van der Waals surface area (Å²) in [5, 5.41) is 13.6. The molecule has 3 unspecified atom stereocenters. The molecule has 0 spiro atoms. The molecule has 0 aliphatic rings. The Morgan fingerprint density at radius 2 is 1.15 bits per heavy atom. The van der Waals surface area contributed by atoms with Gasteiger partial charge in [0.2, 0.25) is 5.91 Å². The first-order valence-electron chi connectivity index (χ1n) is 19.1. The van der Waals surface area contributed by atoms with Crippen LogP contribution in [0.4, 0.5) is 0 Å². The summed E-state index contributed by atoms with van der Waals surface area (Å²) in [7, 11) is 1.57. The lowest BCUT2D eigenvalue weighted by molar-refractivity contribution is -0.870. The number of phosphoric ester groups is 1. The number of nitrogens with zero attached hydrogens (tertiary/aromatic N) is 1. The number of aliphatic hydroxyl groups is 1. The second-order valence-corrected chi connectivity index (χ2v) is 15.8. The molecule has 1 amide bonds. The Kier molecular flexibility index (Phi) is 29.8. The normalized spacial score (nSPS) is 14.8. The minimum Gasteiger partial charge on any atom is -0.387 e. The predicted molar refractivity (Wildman–Crippen MR) is 194 cm³/mol. The molecule has 9 heteroatoms. The second kappa shape index (κ2) is 30.3. The molecule has 0 saturated carbocycles. The van der Waals surface area contributed by atoms with Crippen LogP contribution in [0.1, 0.15) is 168 Å². The van der Waals surface area contributed by atoms with Crippen molar-refractivity contribution < 1.29 is 32.9 Å². The highest BCUT2D eigenvalue weighted by molar-refractivity contribution is 7.47. The predicted octanol–water partition coefficient (Wildman–Crippen LogP) is 9.63. The molecule has 0 radical (unpaired) electrons. The Bertz CT molecular complexity index is 773. The fourth-order valence-electron chi connectivity index (χ4n) is 5.39. The molecule has 0 bridgehead atoms. The summed E-state index contributed by atoms with van der Waals surface area (Å²) in [5.41, 5.74) is 0. The van der Waals surface area contributed by atoms with E-state index < -0.39 is 20.0 Å². The maximum Gasteiger partial charge on any atom is 0.472 e. The van der Waals surface area contributed by atoms with Gasteiger partial charge >= 0.3 is 7.82 Å². The number of hydrogen-bond acceptors (Lipinski definition) is 5. The summed E-state index contributed by atoms with van der Waals surface area (Å²) >= 11 is 0. The third kappa shape index (κ3) is 31.8. The molecule has 0 aliphatic carbocycles. The van der Waals surface area contributed by atoms with Crippen molar-refractivity contribution in [2.45, 2.75) is 180 Å². The Hall–Kier alpha value is -0.760. The highest BCUT2D eigenvalue weighted by atomic mass is 31.2. The van der Waals surface area contributed by atoms with Gasteiger partial charge in [-0.3, -0.25) is 13.8 Å². The zero-order chi connectivity index (χ0) is 34.4. The fourth-order valence-corrected chi connectivity index (χ4v) is 6.13. The SMILES string of the molecule is CCCCCC/C=C/C(O)C(COP(=O)(O)OCC[N+](C)(C)C)NC(=O)CCCCCCCCCCCCCCCCCCCC. The van der Waals surface area contributed by atoms with Crippen LogP contribution in [0.2, 0.25) is 0 Å². The number of hydrogen-bond donors (Lipinski definition) is 3. The fraction of sp³-hybridized carbons (Fsp3) is 0.919. The molecule has 0 aromatic heterocycles. The molecule has 8 nitrogen and oxygen atoms in total. The maximum absolute atomic E-state index is 12.7. The third-order valence-electron chi connectivity index (χ3n) is 8.51. The first-order chi connectivity index (χ1) is 22.0. The summed E-state index contributed by atoms with van der Waals surface area (Å²) in [4.78, 5) is 22.9. The van der Waals surface area contributed by atoms with Crippen LogP contribution >= 0.6 is 7.82 Å². The van der Waals surface area contributed by atoms with E-state index in [9.17, 15) is 19.4 Å². The van der Waals surface area contributed by atoms with Crippen LogP contribution in [-0.2, 0) is 18.4 Å². The molecular formula is C37H76N2O6P+. The largest absolute Gasteiger partial charge is 0.472 e. The molecule has 0 heterocycles. The molecule has 3 N–H and O–H groups in total. The first kappa shape index (κ1) is 45.2. The number of carbonyl (C=O) groups excluding carboxylic acids is 1. The van der Waals surface area contributed by atoms with E-state index in [1.165, 1.54) is 103 Å². The summed E-state index contributed by atoms with van der Waals surface area (Å²) in [6, 6.07) is -0.836. The summed E-state index contributed by atoms with van der Waals surface area (Å²) in [6.45, 7) is 4.73. The van der Waals surface area contributed by atoms with Crippen LogP contribution in [0.15, 0.2) is 12.2 Å². The van der Waals surface area contributed by atoms with Gasteiger partial charge in [-0.25, -0.2) is 4.57 Å². The second-order valence-electron chi connectivity index (χ2n) is 14.3. The molecule has 0 aliphatic heterocycles. The van der Waals surface area contributed by atoms with Crippen LogP contribution < -0.4 is 5.32 Å². The van der Waals surface area contributed by atoms with Gasteiger partial charge in [-0.1, -0.05) is 154 Å². The van der Waals surface area contributed by atoms with Crippen molar-refractivity contribution in [2.75, 3.05) is 40.9 Å². The van der Waals surface area contributed by atoms with Crippen LogP contribution in [0.3, 0.4) is 0 Å². The summed E-state index contributed by atoms with van der Waals surface area (Å²) in [5.74, 6) is -0.181. The number of aliphatic hydroxyl groups excluding tert-OH is 1. The molecule has 0 rings (SSSR count). The summed E-state index contributed by atoms with van der Waals surface area (Å²) in [6.07, 6.45) is 31.6. The monoisotopic (exact) mass is 676 g/mol. The lowest BCUT2D eigenvalue weighted by Crippen LogP contribution is -2.45. The van der Waals surface area contributed by atoms with Gasteiger partial charge in [-0.05, 0) is 19.3 Å². The molecule has 3 atom stereocenters. The van der Waals surface area contributed by atoms with E-state index in [4.69, 9.17) is 9.05 Å². The Morgan fingerprint density at radius 1 is 0.717 bits per heavy atom. The average molecular weight is 676 g/mol.